The number of carbonyl (C=O) groups is 3. The highest BCUT2D eigenvalue weighted by Gasteiger charge is 2.53. The number of ketones is 1. The molecule has 0 saturated carbocycles. The third-order valence-corrected chi connectivity index (χ3v) is 10.6. The molecule has 5 atom stereocenters. The summed E-state index contributed by atoms with van der Waals surface area (Å²) in [6.45, 7) is 9.98. The Kier molecular flexibility index (Phi) is 10.2. The van der Waals surface area contributed by atoms with Crippen LogP contribution < -0.4 is 10.2 Å². The van der Waals surface area contributed by atoms with E-state index in [2.05, 4.69) is 20.5 Å². The van der Waals surface area contributed by atoms with E-state index in [0.29, 0.717) is 18.5 Å². The van der Waals surface area contributed by atoms with Gasteiger partial charge in [-0.2, -0.15) is 11.8 Å². The average molecular weight is 616 g/mol. The number of methoxy groups -OCH3 is 1. The molecule has 10 nitrogen and oxygen atoms in total. The summed E-state index contributed by atoms with van der Waals surface area (Å²) in [5.74, 6) is -0.685. The number of Topliss-reactive ketones (excluding diaryl/α,β-unsaturated/α-hetero) is 1. The number of carbonyl (C=O) groups excluding carboxylic acids is 3. The van der Waals surface area contributed by atoms with Crippen LogP contribution >= 0.6 is 23.1 Å². The van der Waals surface area contributed by atoms with Crippen LogP contribution in [0.3, 0.4) is 0 Å². The number of thiazole rings is 1. The molecule has 1 aromatic carbocycles. The van der Waals surface area contributed by atoms with E-state index in [4.69, 9.17) is 14.5 Å². The number of benzene rings is 1. The number of fused-ring (bicyclic) bond motifs is 1. The number of aromatic nitrogens is 1. The van der Waals surface area contributed by atoms with Crippen molar-refractivity contribution in [3.05, 3.63) is 35.2 Å². The van der Waals surface area contributed by atoms with E-state index in [1.165, 1.54) is 0 Å². The van der Waals surface area contributed by atoms with Crippen molar-refractivity contribution in [1.29, 1.82) is 0 Å². The Balaban J connectivity index is 1.22. The van der Waals surface area contributed by atoms with Crippen molar-refractivity contribution in [2.75, 3.05) is 70.7 Å². The largest absolute Gasteiger partial charge is 0.383 e. The SMILES string of the molecule is CC[C@H](C)[C@H](NC(=O)c1ccc(-c2csc(N3CCN(CCOC)CC3)n2)cc1)C(=O)N1C[C@H](SC)[C@H]2OCC(=O)[C@H]21. The molecule has 3 aliphatic rings. The summed E-state index contributed by atoms with van der Waals surface area (Å²) in [4.78, 5) is 51.0. The molecule has 3 saturated heterocycles. The fourth-order valence-corrected chi connectivity index (χ4v) is 7.54. The summed E-state index contributed by atoms with van der Waals surface area (Å²) < 4.78 is 10.9. The molecule has 3 fully saturated rings. The van der Waals surface area contributed by atoms with Gasteiger partial charge in [-0.15, -0.1) is 11.3 Å². The second-order valence-electron chi connectivity index (χ2n) is 11.2. The van der Waals surface area contributed by atoms with Crippen LogP contribution in [0.1, 0.15) is 30.6 Å². The van der Waals surface area contributed by atoms with Crippen LogP contribution in [0.2, 0.25) is 0 Å². The van der Waals surface area contributed by atoms with Crippen molar-refractivity contribution in [3.63, 3.8) is 0 Å². The van der Waals surface area contributed by atoms with Crippen LogP contribution in [-0.2, 0) is 19.1 Å². The minimum absolute atomic E-state index is 0.0366. The lowest BCUT2D eigenvalue weighted by atomic mass is 9.96. The predicted octanol–water partition coefficient (Wildman–Crippen LogP) is 2.63. The summed E-state index contributed by atoms with van der Waals surface area (Å²) in [5, 5.41) is 6.09. The molecule has 4 heterocycles. The van der Waals surface area contributed by atoms with Gasteiger partial charge in [-0.05, 0) is 24.3 Å². The number of piperazine rings is 1. The van der Waals surface area contributed by atoms with Crippen LogP contribution in [0.15, 0.2) is 29.6 Å². The fourth-order valence-electron chi connectivity index (χ4n) is 5.85. The van der Waals surface area contributed by atoms with Crippen molar-refractivity contribution in [1.82, 2.24) is 20.1 Å². The van der Waals surface area contributed by atoms with Gasteiger partial charge < -0.3 is 24.6 Å². The molecule has 0 unspecified atom stereocenters. The van der Waals surface area contributed by atoms with Crippen molar-refractivity contribution >= 4 is 45.8 Å². The minimum atomic E-state index is -0.729. The van der Waals surface area contributed by atoms with Crippen LogP contribution in [0, 0.1) is 5.92 Å². The van der Waals surface area contributed by atoms with E-state index < -0.39 is 12.1 Å². The molecule has 228 valence electrons. The van der Waals surface area contributed by atoms with Gasteiger partial charge in [0.25, 0.3) is 5.91 Å². The van der Waals surface area contributed by atoms with Crippen molar-refractivity contribution in [3.8, 4) is 11.3 Å². The van der Waals surface area contributed by atoms with Gasteiger partial charge >= 0.3 is 0 Å². The number of nitrogens with zero attached hydrogens (tertiary/aromatic N) is 4. The molecule has 1 aromatic heterocycles. The summed E-state index contributed by atoms with van der Waals surface area (Å²) >= 11 is 3.24. The Hall–Kier alpha value is -2.51. The number of rotatable bonds is 11. The lowest BCUT2D eigenvalue weighted by Crippen LogP contribution is -2.54. The first-order valence-corrected chi connectivity index (χ1v) is 16.8. The van der Waals surface area contributed by atoms with Crippen molar-refractivity contribution in [2.24, 2.45) is 5.92 Å². The highest BCUT2D eigenvalue weighted by Crippen LogP contribution is 2.34. The second kappa shape index (κ2) is 13.9. The monoisotopic (exact) mass is 615 g/mol. The van der Waals surface area contributed by atoms with Gasteiger partial charge in [0.1, 0.15) is 18.7 Å². The molecule has 2 aromatic rings. The number of hydrogen-bond donors (Lipinski definition) is 1. The third kappa shape index (κ3) is 6.52. The van der Waals surface area contributed by atoms with E-state index in [0.717, 1.165) is 55.7 Å². The quantitative estimate of drug-likeness (QED) is 0.409. The molecule has 42 heavy (non-hydrogen) atoms. The molecule has 1 N–H and O–H groups in total. The molecule has 12 heteroatoms. The van der Waals surface area contributed by atoms with E-state index in [-0.39, 0.29) is 41.5 Å². The maximum atomic E-state index is 13.8. The number of amides is 2. The zero-order chi connectivity index (χ0) is 29.8. The first kappa shape index (κ1) is 30.9. The third-order valence-electron chi connectivity index (χ3n) is 8.68. The van der Waals surface area contributed by atoms with Gasteiger partial charge in [-0.25, -0.2) is 4.98 Å². The number of ether oxygens (including phenoxy) is 2. The lowest BCUT2D eigenvalue weighted by molar-refractivity contribution is -0.139. The normalized spacial score (nSPS) is 24.1. The van der Waals surface area contributed by atoms with E-state index in [9.17, 15) is 14.4 Å². The van der Waals surface area contributed by atoms with E-state index >= 15 is 0 Å². The van der Waals surface area contributed by atoms with Crippen molar-refractivity contribution < 1.29 is 23.9 Å². The number of nitrogens with one attached hydrogen (secondary N) is 1. The standard InChI is InChI=1S/C30H41N5O5S2/c1-5-19(2)25(29(38)35-16-24(41-4)27-26(35)23(36)17-40-27)32-28(37)21-8-6-20(7-9-21)22-18-42-30(31-22)34-12-10-33(11-13-34)14-15-39-3/h6-9,18-19,24-27H,5,10-17H2,1-4H3,(H,32,37)/t19-,24-,25-,26+,27+/m0/s1. The van der Waals surface area contributed by atoms with Crippen LogP contribution in [-0.4, -0.2) is 122 Å². The van der Waals surface area contributed by atoms with Gasteiger partial charge in [0.15, 0.2) is 10.9 Å². The van der Waals surface area contributed by atoms with E-state index in [1.54, 1.807) is 47.2 Å². The molecule has 0 bridgehead atoms. The maximum Gasteiger partial charge on any atom is 0.251 e. The first-order chi connectivity index (χ1) is 20.3. The molecule has 0 spiro atoms. The molecule has 0 radical (unpaired) electrons. The topological polar surface area (TPSA) is 104 Å². The number of anilines is 1. The van der Waals surface area contributed by atoms with Crippen LogP contribution in [0.25, 0.3) is 11.3 Å². The Morgan fingerprint density at radius 1 is 1.21 bits per heavy atom. The van der Waals surface area contributed by atoms with E-state index in [1.807, 2.05) is 32.2 Å². The Labute approximate surface area is 256 Å². The number of hydrogen-bond acceptors (Lipinski definition) is 10. The van der Waals surface area contributed by atoms with Crippen LogP contribution in [0.5, 0.6) is 0 Å². The lowest BCUT2D eigenvalue weighted by Gasteiger charge is -2.34. The molecule has 3 aliphatic heterocycles. The number of thioether (sulfide) groups is 1. The molecule has 0 aliphatic carbocycles. The number of likely N-dealkylation sites (tertiary alicyclic amines) is 1. The summed E-state index contributed by atoms with van der Waals surface area (Å²) in [5.41, 5.74) is 2.30. The van der Waals surface area contributed by atoms with Gasteiger partial charge in [0, 0.05) is 62.9 Å². The second-order valence-corrected chi connectivity index (χ2v) is 13.1. The molecular weight excluding hydrogens is 574 g/mol. The molecular formula is C30H41N5O5S2. The highest BCUT2D eigenvalue weighted by molar-refractivity contribution is 7.99. The Bertz CT molecular complexity index is 1250. The summed E-state index contributed by atoms with van der Waals surface area (Å²) in [7, 11) is 1.73. The van der Waals surface area contributed by atoms with Crippen molar-refractivity contribution in [2.45, 2.75) is 43.7 Å². The van der Waals surface area contributed by atoms with Gasteiger partial charge in [-0.3, -0.25) is 19.3 Å². The molecule has 2 amide bonds. The van der Waals surface area contributed by atoms with Gasteiger partial charge in [0.05, 0.1) is 23.7 Å². The first-order valence-electron chi connectivity index (χ1n) is 14.6. The van der Waals surface area contributed by atoms with Gasteiger partial charge in [0.2, 0.25) is 5.91 Å². The maximum absolute atomic E-state index is 13.8. The van der Waals surface area contributed by atoms with Crippen LogP contribution in [0.4, 0.5) is 5.13 Å². The van der Waals surface area contributed by atoms with Gasteiger partial charge in [-0.1, -0.05) is 32.4 Å². The summed E-state index contributed by atoms with van der Waals surface area (Å²) in [6, 6.07) is 6.06. The highest BCUT2D eigenvalue weighted by atomic mass is 32.2. The molecule has 5 rings (SSSR count). The summed E-state index contributed by atoms with van der Waals surface area (Å²) in [6.07, 6.45) is 2.40. The minimum Gasteiger partial charge on any atom is -0.383 e. The predicted molar refractivity (Wildman–Crippen MR) is 166 cm³/mol. The Morgan fingerprint density at radius 3 is 2.62 bits per heavy atom. The average Bonchev–Trinajstić information content (AvgIpc) is 3.75. The zero-order valence-electron chi connectivity index (χ0n) is 24.8. The zero-order valence-corrected chi connectivity index (χ0v) is 26.4. The fraction of sp³-hybridized carbons (Fsp3) is 0.600. The smallest absolute Gasteiger partial charge is 0.251 e. The Morgan fingerprint density at radius 2 is 1.95 bits per heavy atom.